The van der Waals surface area contributed by atoms with E-state index in [1.165, 1.54) is 18.5 Å². The summed E-state index contributed by atoms with van der Waals surface area (Å²) in [5.41, 5.74) is 1.65. The Morgan fingerprint density at radius 1 is 0.731 bits per heavy atom. The Labute approximate surface area is 150 Å². The summed E-state index contributed by atoms with van der Waals surface area (Å²) in [7, 11) is 0. The summed E-state index contributed by atoms with van der Waals surface area (Å²) in [6.07, 6.45) is 1.46. The van der Waals surface area contributed by atoms with Crippen molar-refractivity contribution in [2.24, 2.45) is 0 Å². The summed E-state index contributed by atoms with van der Waals surface area (Å²) in [5.74, 6) is 0.248. The molecule has 1 fully saturated rings. The second-order valence-corrected chi connectivity index (χ2v) is 6.17. The van der Waals surface area contributed by atoms with Gasteiger partial charge in [-0.1, -0.05) is 24.3 Å². The molecular formula is C20H18F2N4. The molecule has 3 aromatic rings. The number of para-hydroxylation sites is 1. The summed E-state index contributed by atoms with van der Waals surface area (Å²) >= 11 is 0. The van der Waals surface area contributed by atoms with Crippen molar-refractivity contribution in [1.82, 2.24) is 9.97 Å². The van der Waals surface area contributed by atoms with Crippen LogP contribution < -0.4 is 9.80 Å². The molecule has 0 amide bonds. The molecule has 0 aliphatic carbocycles. The number of aromatic nitrogens is 2. The van der Waals surface area contributed by atoms with Gasteiger partial charge in [-0.3, -0.25) is 0 Å². The zero-order chi connectivity index (χ0) is 17.9. The maximum Gasteiger partial charge on any atom is 0.146 e. The van der Waals surface area contributed by atoms with Crippen molar-refractivity contribution in [2.45, 2.75) is 0 Å². The number of rotatable bonds is 3. The molecule has 0 radical (unpaired) electrons. The molecule has 1 aromatic heterocycles. The summed E-state index contributed by atoms with van der Waals surface area (Å²) in [6.45, 7) is 2.81. The molecule has 0 atom stereocenters. The van der Waals surface area contributed by atoms with Gasteiger partial charge < -0.3 is 9.80 Å². The number of hydrogen-bond acceptors (Lipinski definition) is 4. The molecule has 2 heterocycles. The lowest BCUT2D eigenvalue weighted by atomic mass is 10.1. The van der Waals surface area contributed by atoms with Gasteiger partial charge in [0, 0.05) is 37.8 Å². The third kappa shape index (κ3) is 3.22. The van der Waals surface area contributed by atoms with Gasteiger partial charge >= 0.3 is 0 Å². The molecule has 6 heteroatoms. The van der Waals surface area contributed by atoms with E-state index in [9.17, 15) is 8.78 Å². The number of nitrogens with zero attached hydrogens (tertiary/aromatic N) is 4. The van der Waals surface area contributed by atoms with E-state index in [-0.39, 0.29) is 11.6 Å². The van der Waals surface area contributed by atoms with E-state index in [1.807, 2.05) is 11.0 Å². The Kier molecular flexibility index (Phi) is 4.48. The van der Waals surface area contributed by atoms with Gasteiger partial charge in [-0.2, -0.15) is 0 Å². The minimum absolute atomic E-state index is 0.204. The van der Waals surface area contributed by atoms with Crippen molar-refractivity contribution in [3.8, 4) is 11.3 Å². The van der Waals surface area contributed by atoms with Crippen LogP contribution in [-0.4, -0.2) is 36.1 Å². The van der Waals surface area contributed by atoms with E-state index in [1.54, 1.807) is 36.4 Å². The minimum Gasteiger partial charge on any atom is -0.366 e. The maximum absolute atomic E-state index is 14.0. The first kappa shape index (κ1) is 16.4. The SMILES string of the molecule is Fc1ccccc1-c1cc(N2CCN(c3ccccc3F)CC2)ncn1. The minimum atomic E-state index is -0.304. The Hall–Kier alpha value is -3.02. The second kappa shape index (κ2) is 7.07. The molecule has 2 aromatic carbocycles. The van der Waals surface area contributed by atoms with Gasteiger partial charge in [0.15, 0.2) is 0 Å². The lowest BCUT2D eigenvalue weighted by molar-refractivity contribution is 0.596. The van der Waals surface area contributed by atoms with Gasteiger partial charge in [0.05, 0.1) is 11.4 Å². The summed E-state index contributed by atoms with van der Waals surface area (Å²) in [5, 5.41) is 0. The van der Waals surface area contributed by atoms with Crippen molar-refractivity contribution >= 4 is 11.5 Å². The third-order valence-electron chi connectivity index (χ3n) is 4.60. The van der Waals surface area contributed by atoms with Crippen LogP contribution in [0.2, 0.25) is 0 Å². The smallest absolute Gasteiger partial charge is 0.146 e. The average Bonchev–Trinajstić information content (AvgIpc) is 2.69. The van der Waals surface area contributed by atoms with Gasteiger partial charge in [0.25, 0.3) is 0 Å². The van der Waals surface area contributed by atoms with E-state index in [4.69, 9.17) is 0 Å². The zero-order valence-electron chi connectivity index (χ0n) is 14.1. The molecule has 0 unspecified atom stereocenters. The van der Waals surface area contributed by atoms with E-state index < -0.39 is 0 Å². The molecule has 0 bridgehead atoms. The summed E-state index contributed by atoms with van der Waals surface area (Å²) in [6, 6.07) is 15.2. The molecule has 26 heavy (non-hydrogen) atoms. The van der Waals surface area contributed by atoms with Crippen molar-refractivity contribution < 1.29 is 8.78 Å². The van der Waals surface area contributed by atoms with Crippen LogP contribution in [0.3, 0.4) is 0 Å². The largest absolute Gasteiger partial charge is 0.366 e. The molecule has 1 saturated heterocycles. The molecule has 4 nitrogen and oxygen atoms in total. The molecule has 4 rings (SSSR count). The number of benzene rings is 2. The standard InChI is InChI=1S/C20H18F2N4/c21-16-6-2-1-5-15(16)18-13-20(24-14-23-18)26-11-9-25(10-12-26)19-8-4-3-7-17(19)22/h1-8,13-14H,9-12H2. The van der Waals surface area contributed by atoms with Crippen molar-refractivity contribution in [3.63, 3.8) is 0 Å². The highest BCUT2D eigenvalue weighted by molar-refractivity contribution is 5.63. The van der Waals surface area contributed by atoms with E-state index in [0.717, 1.165) is 5.82 Å². The van der Waals surface area contributed by atoms with Crippen molar-refractivity contribution in [1.29, 1.82) is 0 Å². The topological polar surface area (TPSA) is 32.3 Å². The van der Waals surface area contributed by atoms with Crippen LogP contribution in [0.4, 0.5) is 20.3 Å². The predicted molar refractivity (Wildman–Crippen MR) is 98.3 cm³/mol. The van der Waals surface area contributed by atoms with Crippen molar-refractivity contribution in [3.05, 3.63) is 72.6 Å². The van der Waals surface area contributed by atoms with E-state index >= 15 is 0 Å². The quantitative estimate of drug-likeness (QED) is 0.719. The Morgan fingerprint density at radius 2 is 1.38 bits per heavy atom. The van der Waals surface area contributed by atoms with Gasteiger partial charge in [0.1, 0.15) is 23.8 Å². The Bertz CT molecular complexity index is 908. The van der Waals surface area contributed by atoms with E-state index in [2.05, 4.69) is 14.9 Å². The monoisotopic (exact) mass is 352 g/mol. The average molecular weight is 352 g/mol. The Morgan fingerprint density at radius 3 is 2.12 bits per heavy atom. The first-order chi connectivity index (χ1) is 12.7. The predicted octanol–water partition coefficient (Wildman–Crippen LogP) is 3.75. The zero-order valence-corrected chi connectivity index (χ0v) is 14.1. The molecule has 0 saturated carbocycles. The molecular weight excluding hydrogens is 334 g/mol. The first-order valence-electron chi connectivity index (χ1n) is 8.54. The van der Waals surface area contributed by atoms with Crippen LogP contribution >= 0.6 is 0 Å². The maximum atomic E-state index is 14.0. The van der Waals surface area contributed by atoms with Crippen molar-refractivity contribution in [2.75, 3.05) is 36.0 Å². The normalized spacial score (nSPS) is 14.5. The van der Waals surface area contributed by atoms with Gasteiger partial charge in [-0.25, -0.2) is 18.7 Å². The fourth-order valence-corrected chi connectivity index (χ4v) is 3.22. The number of hydrogen-bond donors (Lipinski definition) is 0. The number of halogens is 2. The summed E-state index contributed by atoms with van der Waals surface area (Å²) in [4.78, 5) is 12.7. The highest BCUT2D eigenvalue weighted by Gasteiger charge is 2.20. The van der Waals surface area contributed by atoms with Crippen LogP contribution in [0.1, 0.15) is 0 Å². The number of piperazine rings is 1. The van der Waals surface area contributed by atoms with Gasteiger partial charge in [-0.05, 0) is 24.3 Å². The lowest BCUT2D eigenvalue weighted by Crippen LogP contribution is -2.47. The fourth-order valence-electron chi connectivity index (χ4n) is 3.22. The highest BCUT2D eigenvalue weighted by Crippen LogP contribution is 2.25. The van der Waals surface area contributed by atoms with Gasteiger partial charge in [0.2, 0.25) is 0 Å². The molecule has 132 valence electrons. The highest BCUT2D eigenvalue weighted by atomic mass is 19.1. The van der Waals surface area contributed by atoms with Crippen LogP contribution in [0, 0.1) is 11.6 Å². The van der Waals surface area contributed by atoms with E-state index in [0.29, 0.717) is 43.1 Å². The van der Waals surface area contributed by atoms with Crippen LogP contribution in [0.5, 0.6) is 0 Å². The fraction of sp³-hybridized carbons (Fsp3) is 0.200. The molecule has 0 N–H and O–H groups in total. The Balaban J connectivity index is 1.51. The second-order valence-electron chi connectivity index (χ2n) is 6.17. The van der Waals surface area contributed by atoms with Gasteiger partial charge in [-0.15, -0.1) is 0 Å². The molecule has 0 spiro atoms. The van der Waals surface area contributed by atoms with Crippen LogP contribution in [-0.2, 0) is 0 Å². The van der Waals surface area contributed by atoms with Crippen LogP contribution in [0.25, 0.3) is 11.3 Å². The molecule has 1 aliphatic rings. The third-order valence-corrected chi connectivity index (χ3v) is 4.60. The summed E-state index contributed by atoms with van der Waals surface area (Å²) < 4.78 is 28.0. The molecule has 1 aliphatic heterocycles. The lowest BCUT2D eigenvalue weighted by Gasteiger charge is -2.36. The van der Waals surface area contributed by atoms with Crippen LogP contribution in [0.15, 0.2) is 60.9 Å². The number of anilines is 2. The first-order valence-corrected chi connectivity index (χ1v) is 8.54.